The van der Waals surface area contributed by atoms with Gasteiger partial charge in [-0.2, -0.15) is 4.31 Å². The fourth-order valence-corrected chi connectivity index (χ4v) is 5.07. The van der Waals surface area contributed by atoms with Gasteiger partial charge in [-0.15, -0.1) is 0 Å². The Morgan fingerprint density at radius 2 is 1.68 bits per heavy atom. The minimum absolute atomic E-state index is 0.0892. The summed E-state index contributed by atoms with van der Waals surface area (Å²) in [5.74, 6) is -2.23. The van der Waals surface area contributed by atoms with Gasteiger partial charge in [0.25, 0.3) is 0 Å². The van der Waals surface area contributed by atoms with Crippen molar-refractivity contribution in [2.24, 2.45) is 0 Å². The maximum absolute atomic E-state index is 13.4. The second kappa shape index (κ2) is 7.80. The van der Waals surface area contributed by atoms with Crippen molar-refractivity contribution in [3.63, 3.8) is 0 Å². The van der Waals surface area contributed by atoms with Gasteiger partial charge in [-0.1, -0.05) is 0 Å². The molecular weight excluding hydrogens is 388 g/mol. The Bertz CT molecular complexity index is 936. The van der Waals surface area contributed by atoms with Gasteiger partial charge in [-0.3, -0.25) is 9.88 Å². The first-order valence-electron chi connectivity index (χ1n) is 9.05. The van der Waals surface area contributed by atoms with Crippen LogP contribution in [0.4, 0.5) is 8.78 Å². The number of pyridine rings is 1. The van der Waals surface area contributed by atoms with E-state index in [1.807, 2.05) is 12.1 Å². The number of aromatic nitrogens is 1. The SMILES string of the molecule is O=S(=O)(c1ccc(F)c(F)c1)N1CCN(C2CC(c3ccncc3)NN2)CC1. The van der Waals surface area contributed by atoms with Crippen molar-refractivity contribution < 1.29 is 17.2 Å². The monoisotopic (exact) mass is 409 g/mol. The van der Waals surface area contributed by atoms with Gasteiger partial charge in [0.2, 0.25) is 10.0 Å². The third-order valence-electron chi connectivity index (χ3n) is 5.23. The molecule has 0 spiro atoms. The third kappa shape index (κ3) is 3.78. The normalized spacial score (nSPS) is 24.5. The number of hydrogen-bond acceptors (Lipinski definition) is 6. The zero-order valence-corrected chi connectivity index (χ0v) is 15.9. The minimum Gasteiger partial charge on any atom is -0.284 e. The van der Waals surface area contributed by atoms with Gasteiger partial charge in [0.05, 0.1) is 11.1 Å². The van der Waals surface area contributed by atoms with Crippen molar-refractivity contribution >= 4 is 10.0 Å². The molecule has 0 saturated carbocycles. The van der Waals surface area contributed by atoms with Crippen molar-refractivity contribution in [1.82, 2.24) is 25.0 Å². The molecule has 2 aromatic rings. The van der Waals surface area contributed by atoms with Gasteiger partial charge >= 0.3 is 0 Å². The molecule has 1 aromatic heterocycles. The molecule has 2 unspecified atom stereocenters. The molecule has 0 radical (unpaired) electrons. The highest BCUT2D eigenvalue weighted by Crippen LogP contribution is 2.25. The minimum atomic E-state index is -3.84. The van der Waals surface area contributed by atoms with E-state index in [1.54, 1.807) is 12.4 Å². The summed E-state index contributed by atoms with van der Waals surface area (Å²) in [7, 11) is -3.84. The van der Waals surface area contributed by atoms with E-state index in [0.717, 1.165) is 30.2 Å². The third-order valence-corrected chi connectivity index (χ3v) is 7.13. The van der Waals surface area contributed by atoms with E-state index < -0.39 is 21.7 Å². The number of nitrogens with one attached hydrogen (secondary N) is 2. The summed E-state index contributed by atoms with van der Waals surface area (Å²) < 4.78 is 53.3. The van der Waals surface area contributed by atoms with E-state index >= 15 is 0 Å². The van der Waals surface area contributed by atoms with Crippen LogP contribution in [0.1, 0.15) is 18.0 Å². The predicted octanol–water partition coefficient (Wildman–Crippen LogP) is 1.23. The van der Waals surface area contributed by atoms with Gasteiger partial charge in [-0.05, 0) is 42.3 Å². The van der Waals surface area contributed by atoms with Crippen LogP contribution in [-0.2, 0) is 10.0 Å². The van der Waals surface area contributed by atoms with E-state index in [4.69, 9.17) is 0 Å². The Hall–Kier alpha value is -1.98. The zero-order chi connectivity index (χ0) is 19.7. The van der Waals surface area contributed by atoms with Crippen LogP contribution >= 0.6 is 0 Å². The molecule has 7 nitrogen and oxygen atoms in total. The molecule has 2 saturated heterocycles. The summed E-state index contributed by atoms with van der Waals surface area (Å²) in [6, 6.07) is 6.77. The van der Waals surface area contributed by atoms with Crippen LogP contribution in [0, 0.1) is 11.6 Å². The van der Waals surface area contributed by atoms with Crippen LogP contribution in [0.2, 0.25) is 0 Å². The molecule has 3 heterocycles. The second-order valence-electron chi connectivity index (χ2n) is 6.89. The number of hydrazine groups is 1. The van der Waals surface area contributed by atoms with Crippen LogP contribution in [-0.4, -0.2) is 55.0 Å². The Kier molecular flexibility index (Phi) is 5.39. The van der Waals surface area contributed by atoms with Crippen molar-refractivity contribution in [3.8, 4) is 0 Å². The molecule has 2 aliphatic heterocycles. The van der Waals surface area contributed by atoms with Crippen molar-refractivity contribution in [1.29, 1.82) is 0 Å². The van der Waals surface area contributed by atoms with Crippen LogP contribution in [0.5, 0.6) is 0 Å². The van der Waals surface area contributed by atoms with Crippen molar-refractivity contribution in [2.45, 2.75) is 23.5 Å². The summed E-state index contributed by atoms with van der Waals surface area (Å²) in [6.07, 6.45) is 4.45. The maximum atomic E-state index is 13.4. The lowest BCUT2D eigenvalue weighted by atomic mass is 10.1. The maximum Gasteiger partial charge on any atom is 0.243 e. The summed E-state index contributed by atoms with van der Waals surface area (Å²) in [5.41, 5.74) is 7.68. The molecule has 0 amide bonds. The van der Waals surface area contributed by atoms with Gasteiger partial charge in [0, 0.05) is 44.6 Å². The number of sulfonamides is 1. The van der Waals surface area contributed by atoms with Crippen molar-refractivity contribution in [2.75, 3.05) is 26.2 Å². The lowest BCUT2D eigenvalue weighted by Gasteiger charge is -2.37. The Morgan fingerprint density at radius 3 is 2.36 bits per heavy atom. The standard InChI is InChI=1S/C18H21F2N5O2S/c19-15-2-1-14(11-16(15)20)28(26,27)25-9-7-24(8-10-25)18-12-17(22-23-18)13-3-5-21-6-4-13/h1-6,11,17-18,22-23H,7-10,12H2. The fourth-order valence-electron chi connectivity index (χ4n) is 3.64. The molecule has 10 heteroatoms. The van der Waals surface area contributed by atoms with E-state index in [-0.39, 0.29) is 17.1 Å². The van der Waals surface area contributed by atoms with Crippen molar-refractivity contribution in [3.05, 3.63) is 59.9 Å². The number of benzene rings is 1. The number of rotatable bonds is 4. The van der Waals surface area contributed by atoms with Crippen LogP contribution in [0.3, 0.4) is 0 Å². The molecule has 28 heavy (non-hydrogen) atoms. The van der Waals surface area contributed by atoms with Gasteiger partial charge in [-0.25, -0.2) is 28.1 Å². The molecule has 150 valence electrons. The lowest BCUT2D eigenvalue weighted by Crippen LogP contribution is -2.55. The number of nitrogens with zero attached hydrogens (tertiary/aromatic N) is 3. The molecule has 1 aromatic carbocycles. The molecule has 0 aliphatic carbocycles. The van der Waals surface area contributed by atoms with E-state index in [0.29, 0.717) is 26.2 Å². The average Bonchev–Trinajstić information content (AvgIpc) is 3.21. The van der Waals surface area contributed by atoms with Gasteiger partial charge < -0.3 is 0 Å². The largest absolute Gasteiger partial charge is 0.284 e. The Morgan fingerprint density at radius 1 is 0.964 bits per heavy atom. The Labute approximate surface area is 162 Å². The van der Waals surface area contributed by atoms with Crippen LogP contribution < -0.4 is 10.9 Å². The summed E-state index contributed by atoms with van der Waals surface area (Å²) in [6.45, 7) is 1.68. The van der Waals surface area contributed by atoms with E-state index in [2.05, 4.69) is 20.7 Å². The van der Waals surface area contributed by atoms with Crippen LogP contribution in [0.15, 0.2) is 47.6 Å². The Balaban J connectivity index is 1.37. The van der Waals surface area contributed by atoms with E-state index in [1.165, 1.54) is 4.31 Å². The fraction of sp³-hybridized carbons (Fsp3) is 0.389. The molecule has 0 bridgehead atoms. The predicted molar refractivity (Wildman–Crippen MR) is 98.3 cm³/mol. The highest BCUT2D eigenvalue weighted by atomic mass is 32.2. The van der Waals surface area contributed by atoms with Gasteiger partial charge in [0.1, 0.15) is 0 Å². The number of piperazine rings is 1. The molecule has 4 rings (SSSR count). The number of hydrogen-bond donors (Lipinski definition) is 2. The molecule has 2 aliphatic rings. The summed E-state index contributed by atoms with van der Waals surface area (Å²) >= 11 is 0. The molecule has 2 atom stereocenters. The van der Waals surface area contributed by atoms with Crippen LogP contribution in [0.25, 0.3) is 0 Å². The topological polar surface area (TPSA) is 77.6 Å². The smallest absolute Gasteiger partial charge is 0.243 e. The quantitative estimate of drug-likeness (QED) is 0.791. The number of halogens is 2. The molecular formula is C18H21F2N5O2S. The second-order valence-corrected chi connectivity index (χ2v) is 8.83. The first-order valence-corrected chi connectivity index (χ1v) is 10.5. The highest BCUT2D eigenvalue weighted by Gasteiger charge is 2.34. The summed E-state index contributed by atoms with van der Waals surface area (Å²) in [4.78, 5) is 5.99. The first-order chi connectivity index (χ1) is 13.4. The molecule has 2 fully saturated rings. The highest BCUT2D eigenvalue weighted by molar-refractivity contribution is 7.89. The van der Waals surface area contributed by atoms with Gasteiger partial charge in [0.15, 0.2) is 11.6 Å². The zero-order valence-electron chi connectivity index (χ0n) is 15.1. The molecule has 2 N–H and O–H groups in total. The summed E-state index contributed by atoms with van der Waals surface area (Å²) in [5, 5.41) is 0. The first kappa shape index (κ1) is 19.3. The average molecular weight is 409 g/mol. The lowest BCUT2D eigenvalue weighted by molar-refractivity contribution is 0.123. The van der Waals surface area contributed by atoms with E-state index in [9.17, 15) is 17.2 Å².